The lowest BCUT2D eigenvalue weighted by atomic mass is 9.80. The monoisotopic (exact) mass is 279 g/mol. The molecule has 1 saturated carbocycles. The minimum Gasteiger partial charge on any atom is -0.311 e. The van der Waals surface area contributed by atoms with E-state index in [0.717, 1.165) is 22.7 Å². The first-order valence-corrected chi connectivity index (χ1v) is 7.47. The summed E-state index contributed by atoms with van der Waals surface area (Å²) in [7, 11) is 3.22. The Balaban J connectivity index is 1.98. The minimum absolute atomic E-state index is 0.240. The number of hydrogen-bond donors (Lipinski definition) is 1. The zero-order chi connectivity index (χ0) is 14.7. The molecule has 1 fully saturated rings. The van der Waals surface area contributed by atoms with Crippen LogP contribution in [0.3, 0.4) is 0 Å². The Kier molecular flexibility index (Phi) is 4.81. The van der Waals surface area contributed by atoms with Gasteiger partial charge in [0.1, 0.15) is 0 Å². The number of hydrogen-bond acceptors (Lipinski definition) is 3. The Hall–Kier alpha value is -1.36. The van der Waals surface area contributed by atoms with Gasteiger partial charge in [0.25, 0.3) is 5.56 Å². The van der Waals surface area contributed by atoms with Gasteiger partial charge in [-0.2, -0.15) is 0 Å². The lowest BCUT2D eigenvalue weighted by Gasteiger charge is -2.29. The molecule has 0 aromatic carbocycles. The highest BCUT2D eigenvalue weighted by molar-refractivity contribution is 5.01. The first kappa shape index (κ1) is 15.0. The summed E-state index contributed by atoms with van der Waals surface area (Å²) in [4.78, 5) is 23.5. The SMILES string of the molecule is CC1CCCCC1CNCc1cc(=O)n(C)c(=O)n1C. The summed E-state index contributed by atoms with van der Waals surface area (Å²) in [5, 5.41) is 3.41. The van der Waals surface area contributed by atoms with Gasteiger partial charge >= 0.3 is 5.69 Å². The van der Waals surface area contributed by atoms with E-state index in [0.29, 0.717) is 12.5 Å². The summed E-state index contributed by atoms with van der Waals surface area (Å²) < 4.78 is 2.67. The van der Waals surface area contributed by atoms with Gasteiger partial charge in [-0.25, -0.2) is 4.79 Å². The molecule has 0 spiro atoms. The van der Waals surface area contributed by atoms with Crippen molar-refractivity contribution in [1.29, 1.82) is 0 Å². The van der Waals surface area contributed by atoms with Crippen LogP contribution >= 0.6 is 0 Å². The van der Waals surface area contributed by atoms with Crippen LogP contribution in [0.5, 0.6) is 0 Å². The summed E-state index contributed by atoms with van der Waals surface area (Å²) in [6, 6.07) is 1.54. The Morgan fingerprint density at radius 3 is 2.60 bits per heavy atom. The first-order valence-electron chi connectivity index (χ1n) is 7.47. The molecular weight excluding hydrogens is 254 g/mol. The number of nitrogens with one attached hydrogen (secondary N) is 1. The molecular formula is C15H25N3O2. The van der Waals surface area contributed by atoms with Gasteiger partial charge in [0, 0.05) is 32.4 Å². The fraction of sp³-hybridized carbons (Fsp3) is 0.733. The highest BCUT2D eigenvalue weighted by Crippen LogP contribution is 2.28. The average molecular weight is 279 g/mol. The third-order valence-corrected chi connectivity index (χ3v) is 4.63. The molecule has 0 bridgehead atoms. The minimum atomic E-state index is -0.264. The van der Waals surface area contributed by atoms with Crippen LogP contribution in [0.15, 0.2) is 15.7 Å². The lowest BCUT2D eigenvalue weighted by molar-refractivity contribution is 0.247. The van der Waals surface area contributed by atoms with Gasteiger partial charge in [-0.3, -0.25) is 13.9 Å². The van der Waals surface area contributed by atoms with E-state index in [4.69, 9.17) is 0 Å². The van der Waals surface area contributed by atoms with Gasteiger partial charge < -0.3 is 5.32 Å². The molecule has 20 heavy (non-hydrogen) atoms. The molecule has 0 amide bonds. The van der Waals surface area contributed by atoms with Crippen molar-refractivity contribution >= 4 is 0 Å². The van der Waals surface area contributed by atoms with E-state index in [9.17, 15) is 9.59 Å². The fourth-order valence-corrected chi connectivity index (χ4v) is 3.03. The maximum Gasteiger partial charge on any atom is 0.330 e. The van der Waals surface area contributed by atoms with Crippen molar-refractivity contribution < 1.29 is 0 Å². The molecule has 2 unspecified atom stereocenters. The Morgan fingerprint density at radius 2 is 1.90 bits per heavy atom. The summed E-state index contributed by atoms with van der Waals surface area (Å²) in [5.41, 5.74) is 0.248. The largest absolute Gasteiger partial charge is 0.330 e. The first-order chi connectivity index (χ1) is 9.50. The highest BCUT2D eigenvalue weighted by Gasteiger charge is 2.20. The molecule has 1 aromatic heterocycles. The van der Waals surface area contributed by atoms with E-state index in [1.807, 2.05) is 0 Å². The molecule has 0 saturated heterocycles. The van der Waals surface area contributed by atoms with Crippen molar-refractivity contribution in [2.45, 2.75) is 39.2 Å². The number of rotatable bonds is 4. The van der Waals surface area contributed by atoms with Crippen LogP contribution in [0.2, 0.25) is 0 Å². The molecule has 2 rings (SSSR count). The molecule has 2 atom stereocenters. The lowest BCUT2D eigenvalue weighted by Crippen LogP contribution is -2.39. The zero-order valence-corrected chi connectivity index (χ0v) is 12.7. The number of nitrogens with zero attached hydrogens (tertiary/aromatic N) is 2. The van der Waals surface area contributed by atoms with Crippen molar-refractivity contribution in [1.82, 2.24) is 14.5 Å². The Labute approximate surface area is 119 Å². The maximum atomic E-state index is 11.8. The summed E-state index contributed by atoms with van der Waals surface area (Å²) >= 11 is 0. The third kappa shape index (κ3) is 3.20. The van der Waals surface area contributed by atoms with E-state index in [1.165, 1.54) is 32.7 Å². The van der Waals surface area contributed by atoms with Crippen molar-refractivity contribution in [2.24, 2.45) is 25.9 Å². The molecule has 1 aliphatic rings. The zero-order valence-electron chi connectivity index (χ0n) is 12.7. The van der Waals surface area contributed by atoms with Crippen LogP contribution in [0.4, 0.5) is 0 Å². The van der Waals surface area contributed by atoms with Crippen LogP contribution in [0, 0.1) is 11.8 Å². The van der Waals surface area contributed by atoms with Gasteiger partial charge in [-0.05, 0) is 24.8 Å². The van der Waals surface area contributed by atoms with E-state index in [2.05, 4.69) is 12.2 Å². The fourth-order valence-electron chi connectivity index (χ4n) is 3.03. The molecule has 1 N–H and O–H groups in total. The predicted molar refractivity (Wildman–Crippen MR) is 79.8 cm³/mol. The van der Waals surface area contributed by atoms with Crippen LogP contribution in [0.1, 0.15) is 38.3 Å². The quantitative estimate of drug-likeness (QED) is 0.894. The van der Waals surface area contributed by atoms with Gasteiger partial charge in [0.2, 0.25) is 0 Å². The predicted octanol–water partition coefficient (Wildman–Crippen LogP) is 1.000. The second kappa shape index (κ2) is 6.39. The van der Waals surface area contributed by atoms with E-state index in [1.54, 1.807) is 17.7 Å². The highest BCUT2D eigenvalue weighted by atomic mass is 16.2. The van der Waals surface area contributed by atoms with Gasteiger partial charge in [-0.15, -0.1) is 0 Å². The smallest absolute Gasteiger partial charge is 0.311 e. The van der Waals surface area contributed by atoms with Crippen molar-refractivity contribution in [3.8, 4) is 0 Å². The van der Waals surface area contributed by atoms with Crippen LogP contribution in [-0.2, 0) is 20.6 Å². The van der Waals surface area contributed by atoms with Crippen molar-refractivity contribution in [3.63, 3.8) is 0 Å². The Bertz CT molecular complexity index is 573. The van der Waals surface area contributed by atoms with Crippen LogP contribution in [-0.4, -0.2) is 15.7 Å². The molecule has 0 aliphatic heterocycles. The summed E-state index contributed by atoms with van der Waals surface area (Å²) in [6.45, 7) is 3.86. The van der Waals surface area contributed by atoms with Crippen molar-refractivity contribution in [2.75, 3.05) is 6.54 Å². The van der Waals surface area contributed by atoms with Gasteiger partial charge in [-0.1, -0.05) is 26.2 Å². The second-order valence-electron chi connectivity index (χ2n) is 6.03. The molecule has 112 valence electrons. The van der Waals surface area contributed by atoms with Gasteiger partial charge in [0.05, 0.1) is 0 Å². The average Bonchev–Trinajstić information content (AvgIpc) is 2.44. The topological polar surface area (TPSA) is 56.0 Å². The maximum absolute atomic E-state index is 11.8. The second-order valence-corrected chi connectivity index (χ2v) is 6.03. The molecule has 5 nitrogen and oxygen atoms in total. The summed E-state index contributed by atoms with van der Waals surface area (Å²) in [6.07, 6.45) is 5.27. The third-order valence-electron chi connectivity index (χ3n) is 4.63. The molecule has 0 radical (unpaired) electrons. The number of aromatic nitrogens is 2. The standard InChI is InChI=1S/C15H25N3O2/c1-11-6-4-5-7-12(11)9-16-10-13-8-14(19)18(3)15(20)17(13)2/h8,11-12,16H,4-7,9-10H2,1-3H3. The van der Waals surface area contributed by atoms with Crippen LogP contribution in [0.25, 0.3) is 0 Å². The van der Waals surface area contributed by atoms with E-state index in [-0.39, 0.29) is 11.2 Å². The normalized spacial score (nSPS) is 22.9. The van der Waals surface area contributed by atoms with E-state index < -0.39 is 0 Å². The van der Waals surface area contributed by atoms with E-state index >= 15 is 0 Å². The van der Waals surface area contributed by atoms with Crippen LogP contribution < -0.4 is 16.6 Å². The molecule has 1 aliphatic carbocycles. The molecule has 1 heterocycles. The molecule has 1 aromatic rings. The van der Waals surface area contributed by atoms with Crippen molar-refractivity contribution in [3.05, 3.63) is 32.6 Å². The van der Waals surface area contributed by atoms with Gasteiger partial charge in [0.15, 0.2) is 0 Å². The Morgan fingerprint density at radius 1 is 1.20 bits per heavy atom. The summed E-state index contributed by atoms with van der Waals surface area (Å²) in [5.74, 6) is 1.48. The molecule has 5 heteroatoms.